The molecule has 0 spiro atoms. The second-order valence-corrected chi connectivity index (χ2v) is 8.47. The summed E-state index contributed by atoms with van der Waals surface area (Å²) in [7, 11) is 0. The fraction of sp³-hybridized carbons (Fsp3) is 0.333. The third kappa shape index (κ3) is 4.69. The number of hydrogen-bond donors (Lipinski definition) is 1. The maximum atomic E-state index is 12.9. The second kappa shape index (κ2) is 8.76. The van der Waals surface area contributed by atoms with E-state index in [1.54, 1.807) is 18.5 Å². The Morgan fingerprint density at radius 3 is 2.81 bits per heavy atom. The molecule has 1 atom stereocenters. The van der Waals surface area contributed by atoms with Crippen LogP contribution >= 0.6 is 11.3 Å². The summed E-state index contributed by atoms with van der Waals surface area (Å²) in [6.45, 7) is 3.74. The van der Waals surface area contributed by atoms with Gasteiger partial charge in [0, 0.05) is 42.4 Å². The lowest BCUT2D eigenvalue weighted by Crippen LogP contribution is -2.23. The van der Waals surface area contributed by atoms with E-state index < -0.39 is 0 Å². The van der Waals surface area contributed by atoms with E-state index in [9.17, 15) is 14.4 Å². The molecule has 31 heavy (non-hydrogen) atoms. The first-order valence-corrected chi connectivity index (χ1v) is 10.7. The first kappa shape index (κ1) is 20.9. The third-order valence-corrected chi connectivity index (χ3v) is 6.21. The predicted octanol–water partition coefficient (Wildman–Crippen LogP) is 2.72. The Labute approximate surface area is 182 Å². The normalized spacial score (nSPS) is 13.9. The topological polar surface area (TPSA) is 128 Å². The minimum Gasteiger partial charge on any atom is -0.310 e. The van der Waals surface area contributed by atoms with Crippen molar-refractivity contribution in [3.63, 3.8) is 0 Å². The van der Waals surface area contributed by atoms with Crippen LogP contribution in [-0.4, -0.2) is 42.4 Å². The van der Waals surface area contributed by atoms with Gasteiger partial charge in [-0.05, 0) is 19.4 Å². The number of carbonyl (C=O) groups excluding carboxylic acids is 3. The van der Waals surface area contributed by atoms with Gasteiger partial charge in [-0.25, -0.2) is 24.9 Å². The number of Topliss-reactive ketones (excluding diaryl/α,β-unsaturated/α-hetero) is 2. The Kier molecular flexibility index (Phi) is 5.90. The number of fused-ring (bicyclic) bond motifs is 1. The van der Waals surface area contributed by atoms with E-state index in [4.69, 9.17) is 0 Å². The number of nitrogens with one attached hydrogen (secondary N) is 1. The SMILES string of the molecule is Cc1ccnc(CC(=O)c2cnc([C@@H](C)CC(=O)c3ncnc4c3CCC(=O)N4)s2)n1. The number of thiazole rings is 1. The number of rotatable bonds is 7. The molecule has 0 aromatic carbocycles. The quantitative estimate of drug-likeness (QED) is 0.560. The Morgan fingerprint density at radius 2 is 2.00 bits per heavy atom. The van der Waals surface area contributed by atoms with Crippen LogP contribution in [0.4, 0.5) is 5.82 Å². The molecule has 0 aliphatic carbocycles. The summed E-state index contributed by atoms with van der Waals surface area (Å²) < 4.78 is 0. The van der Waals surface area contributed by atoms with Gasteiger partial charge in [0.1, 0.15) is 23.7 Å². The van der Waals surface area contributed by atoms with Crippen molar-refractivity contribution in [2.45, 2.75) is 45.4 Å². The molecule has 3 aromatic rings. The van der Waals surface area contributed by atoms with E-state index in [-0.39, 0.29) is 36.2 Å². The van der Waals surface area contributed by atoms with Gasteiger partial charge < -0.3 is 5.32 Å². The van der Waals surface area contributed by atoms with Crippen molar-refractivity contribution >= 4 is 34.6 Å². The van der Waals surface area contributed by atoms with Gasteiger partial charge in [0.05, 0.1) is 16.3 Å². The highest BCUT2D eigenvalue weighted by molar-refractivity contribution is 7.13. The molecule has 9 nitrogen and oxygen atoms in total. The summed E-state index contributed by atoms with van der Waals surface area (Å²) in [5.41, 5.74) is 1.81. The summed E-state index contributed by atoms with van der Waals surface area (Å²) in [5.74, 6) is 0.339. The van der Waals surface area contributed by atoms with E-state index in [0.717, 1.165) is 5.69 Å². The van der Waals surface area contributed by atoms with E-state index >= 15 is 0 Å². The van der Waals surface area contributed by atoms with Crippen LogP contribution < -0.4 is 5.32 Å². The molecule has 1 N–H and O–H groups in total. The maximum Gasteiger partial charge on any atom is 0.225 e. The monoisotopic (exact) mass is 436 g/mol. The molecule has 0 fully saturated rings. The predicted molar refractivity (Wildman–Crippen MR) is 113 cm³/mol. The Bertz CT molecular complexity index is 1180. The number of aromatic nitrogens is 5. The zero-order valence-corrected chi connectivity index (χ0v) is 17.9. The molecule has 10 heteroatoms. The molecule has 0 saturated heterocycles. The average molecular weight is 436 g/mol. The van der Waals surface area contributed by atoms with Crippen molar-refractivity contribution in [3.8, 4) is 0 Å². The molecule has 3 aromatic heterocycles. The zero-order valence-electron chi connectivity index (χ0n) is 17.1. The number of hydrogen-bond acceptors (Lipinski definition) is 9. The van der Waals surface area contributed by atoms with Gasteiger partial charge in [-0.2, -0.15) is 0 Å². The summed E-state index contributed by atoms with van der Waals surface area (Å²) in [6.07, 6.45) is 5.51. The number of amides is 1. The van der Waals surface area contributed by atoms with E-state index in [0.29, 0.717) is 45.6 Å². The van der Waals surface area contributed by atoms with Gasteiger partial charge >= 0.3 is 0 Å². The smallest absolute Gasteiger partial charge is 0.225 e. The van der Waals surface area contributed by atoms with Crippen molar-refractivity contribution in [2.75, 3.05) is 5.32 Å². The summed E-state index contributed by atoms with van der Waals surface area (Å²) in [6, 6.07) is 1.78. The zero-order chi connectivity index (χ0) is 22.0. The molecule has 0 bridgehead atoms. The van der Waals surface area contributed by atoms with Gasteiger partial charge in [-0.1, -0.05) is 6.92 Å². The first-order valence-electron chi connectivity index (χ1n) is 9.85. The molecule has 158 valence electrons. The van der Waals surface area contributed by atoms with Crippen LogP contribution in [-0.2, 0) is 17.6 Å². The Hall–Kier alpha value is -3.40. The van der Waals surface area contributed by atoms with E-state index in [1.165, 1.54) is 17.7 Å². The van der Waals surface area contributed by atoms with Gasteiger partial charge in [0.15, 0.2) is 11.6 Å². The Morgan fingerprint density at radius 1 is 1.16 bits per heavy atom. The van der Waals surface area contributed by atoms with Crippen molar-refractivity contribution < 1.29 is 14.4 Å². The minimum atomic E-state index is -0.182. The highest BCUT2D eigenvalue weighted by Crippen LogP contribution is 2.28. The maximum absolute atomic E-state index is 12.9. The molecule has 0 radical (unpaired) electrons. The second-order valence-electron chi connectivity index (χ2n) is 7.40. The van der Waals surface area contributed by atoms with Crippen LogP contribution in [0.15, 0.2) is 24.8 Å². The van der Waals surface area contributed by atoms with Crippen LogP contribution in [0.1, 0.15) is 67.9 Å². The molecular weight excluding hydrogens is 416 g/mol. The standard InChI is InChI=1S/C21H20N6O3S/c1-11(7-15(29)19-13-3-4-18(30)27-20(13)25-10-24-19)21-23-9-16(31-21)14(28)8-17-22-6-5-12(2)26-17/h5-6,9-11H,3-4,7-8H2,1-2H3,(H,24,25,27,30)/t11-/m0/s1. The summed E-state index contributed by atoms with van der Waals surface area (Å²) in [4.78, 5) is 58.5. The van der Waals surface area contributed by atoms with Gasteiger partial charge in [-0.15, -0.1) is 11.3 Å². The van der Waals surface area contributed by atoms with Crippen LogP contribution in [0.25, 0.3) is 0 Å². The van der Waals surface area contributed by atoms with E-state index in [2.05, 4.69) is 30.2 Å². The van der Waals surface area contributed by atoms with Crippen molar-refractivity contribution in [2.24, 2.45) is 0 Å². The molecule has 4 rings (SSSR count). The third-order valence-electron chi connectivity index (χ3n) is 4.94. The molecular formula is C21H20N6O3S. The average Bonchev–Trinajstić information content (AvgIpc) is 3.23. The fourth-order valence-electron chi connectivity index (χ4n) is 3.35. The van der Waals surface area contributed by atoms with Crippen molar-refractivity contribution in [1.29, 1.82) is 0 Å². The van der Waals surface area contributed by atoms with Gasteiger partial charge in [-0.3, -0.25) is 14.4 Å². The summed E-state index contributed by atoms with van der Waals surface area (Å²) in [5, 5.41) is 3.39. The fourth-order valence-corrected chi connectivity index (χ4v) is 4.26. The molecule has 1 aliphatic heterocycles. The van der Waals surface area contributed by atoms with Crippen LogP contribution in [0.3, 0.4) is 0 Å². The lowest BCUT2D eigenvalue weighted by Gasteiger charge is -2.17. The van der Waals surface area contributed by atoms with Gasteiger partial charge in [0.25, 0.3) is 0 Å². The first-order chi connectivity index (χ1) is 14.9. The van der Waals surface area contributed by atoms with Crippen molar-refractivity contribution in [1.82, 2.24) is 24.9 Å². The minimum absolute atomic E-state index is 0.103. The number of anilines is 1. The van der Waals surface area contributed by atoms with Crippen LogP contribution in [0.2, 0.25) is 0 Å². The molecule has 0 unspecified atom stereocenters. The van der Waals surface area contributed by atoms with Crippen molar-refractivity contribution in [3.05, 3.63) is 57.4 Å². The largest absolute Gasteiger partial charge is 0.310 e. The molecule has 1 aliphatic rings. The number of nitrogens with zero attached hydrogens (tertiary/aromatic N) is 5. The van der Waals surface area contributed by atoms with Crippen LogP contribution in [0.5, 0.6) is 0 Å². The number of aryl methyl sites for hydroxylation is 1. The Balaban J connectivity index is 1.44. The van der Waals surface area contributed by atoms with Crippen LogP contribution in [0, 0.1) is 6.92 Å². The number of carbonyl (C=O) groups is 3. The lowest BCUT2D eigenvalue weighted by atomic mass is 9.97. The molecule has 0 saturated carbocycles. The van der Waals surface area contributed by atoms with Gasteiger partial charge in [0.2, 0.25) is 5.91 Å². The van der Waals surface area contributed by atoms with E-state index in [1.807, 2.05) is 13.8 Å². The number of ketones is 2. The molecule has 4 heterocycles. The highest BCUT2D eigenvalue weighted by atomic mass is 32.1. The lowest BCUT2D eigenvalue weighted by molar-refractivity contribution is -0.116. The molecule has 1 amide bonds. The summed E-state index contributed by atoms with van der Waals surface area (Å²) >= 11 is 1.28. The highest BCUT2D eigenvalue weighted by Gasteiger charge is 2.25.